The van der Waals surface area contributed by atoms with Crippen LogP contribution in [-0.4, -0.2) is 12.1 Å². The Bertz CT molecular complexity index is 574. The second kappa shape index (κ2) is 4.79. The molecule has 0 saturated heterocycles. The van der Waals surface area contributed by atoms with Crippen molar-refractivity contribution in [3.63, 3.8) is 0 Å². The molecule has 5 nitrogen and oxygen atoms in total. The molecule has 0 aliphatic carbocycles. The summed E-state index contributed by atoms with van der Waals surface area (Å²) in [5, 5.41) is 2.98. The lowest BCUT2D eigenvalue weighted by Gasteiger charge is -2.11. The lowest BCUT2D eigenvalue weighted by molar-refractivity contribution is 0.413. The van der Waals surface area contributed by atoms with Crippen molar-refractivity contribution in [2.24, 2.45) is 0 Å². The van der Waals surface area contributed by atoms with Gasteiger partial charge in [0.15, 0.2) is 0 Å². The minimum atomic E-state index is -0.373. The van der Waals surface area contributed by atoms with Crippen LogP contribution in [0.2, 0.25) is 0 Å². The summed E-state index contributed by atoms with van der Waals surface area (Å²) in [6.45, 7) is 0. The number of rotatable bonds is 3. The van der Waals surface area contributed by atoms with E-state index < -0.39 is 0 Å². The molecule has 0 aliphatic heterocycles. The number of nitrogen functional groups attached to an aromatic ring is 2. The van der Waals surface area contributed by atoms with E-state index in [0.717, 1.165) is 0 Å². The molecule has 0 amide bonds. The number of aromatic nitrogens is 1. The summed E-state index contributed by atoms with van der Waals surface area (Å²) in [4.78, 5) is 4.06. The van der Waals surface area contributed by atoms with E-state index >= 15 is 0 Å². The van der Waals surface area contributed by atoms with Gasteiger partial charge in [-0.25, -0.2) is 9.37 Å². The molecule has 0 spiro atoms. The summed E-state index contributed by atoms with van der Waals surface area (Å²) < 4.78 is 18.1. The number of hydrogen-bond donors (Lipinski definition) is 3. The molecule has 0 atom stereocenters. The maximum absolute atomic E-state index is 13.0. The highest BCUT2D eigenvalue weighted by molar-refractivity contribution is 5.68. The summed E-state index contributed by atoms with van der Waals surface area (Å²) >= 11 is 0. The zero-order valence-corrected chi connectivity index (χ0v) is 9.77. The molecule has 2 rings (SSSR count). The highest BCUT2D eigenvalue weighted by Crippen LogP contribution is 2.28. The van der Waals surface area contributed by atoms with Crippen molar-refractivity contribution in [1.29, 1.82) is 0 Å². The molecule has 1 heterocycles. The van der Waals surface area contributed by atoms with Gasteiger partial charge in [0, 0.05) is 6.07 Å². The second-order valence-corrected chi connectivity index (χ2v) is 3.64. The summed E-state index contributed by atoms with van der Waals surface area (Å²) in [7, 11) is 1.46. The van der Waals surface area contributed by atoms with E-state index in [-0.39, 0.29) is 11.6 Å². The first-order valence-electron chi connectivity index (χ1n) is 5.22. The first-order chi connectivity index (χ1) is 8.60. The average molecular weight is 248 g/mol. The number of benzene rings is 1. The number of pyridine rings is 1. The fourth-order valence-electron chi connectivity index (χ4n) is 1.46. The maximum Gasteiger partial charge on any atom is 0.149 e. The summed E-state index contributed by atoms with van der Waals surface area (Å²) in [5.41, 5.74) is 12.2. The quantitative estimate of drug-likeness (QED) is 0.774. The summed E-state index contributed by atoms with van der Waals surface area (Å²) in [6, 6.07) is 7.48. The number of halogens is 1. The normalized spacial score (nSPS) is 10.1. The van der Waals surface area contributed by atoms with E-state index in [4.69, 9.17) is 16.2 Å². The van der Waals surface area contributed by atoms with Gasteiger partial charge in [0.1, 0.15) is 23.2 Å². The fraction of sp³-hybridized carbons (Fsp3) is 0.0833. The smallest absolute Gasteiger partial charge is 0.149 e. The van der Waals surface area contributed by atoms with Gasteiger partial charge in [0.2, 0.25) is 0 Å². The topological polar surface area (TPSA) is 86.2 Å². The molecule has 0 aliphatic rings. The fourth-order valence-corrected chi connectivity index (χ4v) is 1.46. The van der Waals surface area contributed by atoms with Crippen molar-refractivity contribution in [2.45, 2.75) is 0 Å². The van der Waals surface area contributed by atoms with Crippen LogP contribution in [0, 0.1) is 5.82 Å². The first kappa shape index (κ1) is 12.0. The zero-order valence-electron chi connectivity index (χ0n) is 9.77. The number of nitrogens with one attached hydrogen (secondary N) is 1. The third-order valence-electron chi connectivity index (χ3n) is 2.38. The largest absolute Gasteiger partial charge is 0.494 e. The van der Waals surface area contributed by atoms with Crippen LogP contribution in [0.4, 0.5) is 27.4 Å². The van der Waals surface area contributed by atoms with E-state index in [1.54, 1.807) is 18.2 Å². The van der Waals surface area contributed by atoms with Gasteiger partial charge in [0.25, 0.3) is 0 Å². The number of nitrogens with zero attached hydrogens (tertiary/aromatic N) is 1. The van der Waals surface area contributed by atoms with Crippen molar-refractivity contribution in [1.82, 2.24) is 4.98 Å². The van der Waals surface area contributed by atoms with Crippen molar-refractivity contribution < 1.29 is 9.13 Å². The lowest BCUT2D eigenvalue weighted by Crippen LogP contribution is -2.02. The van der Waals surface area contributed by atoms with Crippen LogP contribution in [-0.2, 0) is 0 Å². The van der Waals surface area contributed by atoms with Crippen LogP contribution in [0.15, 0.2) is 30.3 Å². The SMILES string of the molecule is COc1cc(F)ccc1Nc1ccc(N)c(N)n1. The molecule has 0 unspecified atom stereocenters. The third kappa shape index (κ3) is 2.42. The zero-order chi connectivity index (χ0) is 13.1. The van der Waals surface area contributed by atoms with Gasteiger partial charge in [-0.2, -0.15) is 0 Å². The highest BCUT2D eigenvalue weighted by Gasteiger charge is 2.06. The minimum Gasteiger partial charge on any atom is -0.494 e. The highest BCUT2D eigenvalue weighted by atomic mass is 19.1. The Kier molecular flexibility index (Phi) is 3.18. The Balaban J connectivity index is 2.30. The number of hydrogen-bond acceptors (Lipinski definition) is 5. The third-order valence-corrected chi connectivity index (χ3v) is 2.38. The van der Waals surface area contributed by atoms with Crippen molar-refractivity contribution in [2.75, 3.05) is 23.9 Å². The predicted molar refractivity (Wildman–Crippen MR) is 69.3 cm³/mol. The first-order valence-corrected chi connectivity index (χ1v) is 5.22. The Labute approximate surface area is 104 Å². The molecule has 0 bridgehead atoms. The minimum absolute atomic E-state index is 0.237. The summed E-state index contributed by atoms with van der Waals surface area (Å²) in [6.07, 6.45) is 0. The Hall–Kier alpha value is -2.50. The van der Waals surface area contributed by atoms with Crippen LogP contribution in [0.1, 0.15) is 0 Å². The monoisotopic (exact) mass is 248 g/mol. The number of methoxy groups -OCH3 is 1. The Morgan fingerprint density at radius 1 is 1.22 bits per heavy atom. The molecule has 18 heavy (non-hydrogen) atoms. The van der Waals surface area contributed by atoms with Crippen LogP contribution >= 0.6 is 0 Å². The van der Waals surface area contributed by atoms with E-state index in [1.165, 1.54) is 19.2 Å². The molecule has 2 aromatic rings. The molecule has 0 radical (unpaired) electrons. The van der Waals surface area contributed by atoms with Crippen LogP contribution in [0.25, 0.3) is 0 Å². The van der Waals surface area contributed by atoms with Crippen molar-refractivity contribution >= 4 is 23.0 Å². The number of anilines is 4. The van der Waals surface area contributed by atoms with Crippen molar-refractivity contribution in [3.05, 3.63) is 36.1 Å². The maximum atomic E-state index is 13.0. The van der Waals surface area contributed by atoms with Gasteiger partial charge in [-0.15, -0.1) is 0 Å². The molecular formula is C12H13FN4O. The van der Waals surface area contributed by atoms with Gasteiger partial charge < -0.3 is 21.5 Å². The second-order valence-electron chi connectivity index (χ2n) is 3.64. The van der Waals surface area contributed by atoms with Gasteiger partial charge >= 0.3 is 0 Å². The van der Waals surface area contributed by atoms with E-state index in [1.807, 2.05) is 0 Å². The Morgan fingerprint density at radius 3 is 2.67 bits per heavy atom. The lowest BCUT2D eigenvalue weighted by atomic mass is 10.2. The standard InChI is InChI=1S/C12H13FN4O/c1-18-10-6-7(13)2-4-9(10)16-11-5-3-8(14)12(15)17-11/h2-6H,14H2,1H3,(H3,15,16,17). The van der Waals surface area contributed by atoms with Gasteiger partial charge in [0.05, 0.1) is 18.5 Å². The van der Waals surface area contributed by atoms with Crippen molar-refractivity contribution in [3.8, 4) is 5.75 Å². The average Bonchev–Trinajstić information content (AvgIpc) is 2.36. The summed E-state index contributed by atoms with van der Waals surface area (Å²) in [5.74, 6) is 0.752. The molecule has 1 aromatic heterocycles. The molecule has 1 aromatic carbocycles. The van der Waals surface area contributed by atoms with Gasteiger partial charge in [-0.1, -0.05) is 0 Å². The molecule has 0 saturated carbocycles. The van der Waals surface area contributed by atoms with Crippen LogP contribution < -0.4 is 21.5 Å². The van der Waals surface area contributed by atoms with E-state index in [9.17, 15) is 4.39 Å². The molecule has 94 valence electrons. The van der Waals surface area contributed by atoms with Crippen LogP contribution in [0.5, 0.6) is 5.75 Å². The molecule has 0 fully saturated rings. The number of ether oxygens (including phenoxy) is 1. The van der Waals surface area contributed by atoms with E-state index in [0.29, 0.717) is 22.9 Å². The molecular weight excluding hydrogens is 235 g/mol. The van der Waals surface area contributed by atoms with Gasteiger partial charge in [-0.05, 0) is 24.3 Å². The van der Waals surface area contributed by atoms with E-state index in [2.05, 4.69) is 10.3 Å². The molecule has 6 heteroatoms. The molecule has 5 N–H and O–H groups in total. The van der Waals surface area contributed by atoms with Crippen LogP contribution in [0.3, 0.4) is 0 Å². The van der Waals surface area contributed by atoms with Gasteiger partial charge in [-0.3, -0.25) is 0 Å². The Morgan fingerprint density at radius 2 is 2.00 bits per heavy atom. The predicted octanol–water partition coefficient (Wildman–Crippen LogP) is 2.14. The number of nitrogens with two attached hydrogens (primary N) is 2.